The van der Waals surface area contributed by atoms with Crippen LogP contribution in [0.3, 0.4) is 0 Å². The summed E-state index contributed by atoms with van der Waals surface area (Å²) < 4.78 is 1.49. The second-order valence-corrected chi connectivity index (χ2v) is 6.70. The van der Waals surface area contributed by atoms with Gasteiger partial charge in [-0.3, -0.25) is 14.9 Å². The minimum Gasteiger partial charge on any atom is -0.326 e. The molecule has 1 aromatic heterocycles. The maximum atomic E-state index is 12.5. The summed E-state index contributed by atoms with van der Waals surface area (Å²) in [7, 11) is 0. The molecule has 3 aromatic rings. The maximum Gasteiger partial charge on any atom is 0.252 e. The van der Waals surface area contributed by atoms with E-state index in [-0.39, 0.29) is 18.2 Å². The third-order valence-electron chi connectivity index (χ3n) is 4.38. The fourth-order valence-electron chi connectivity index (χ4n) is 3.25. The molecule has 27 heavy (non-hydrogen) atoms. The summed E-state index contributed by atoms with van der Waals surface area (Å²) in [5.41, 5.74) is 3.71. The lowest BCUT2D eigenvalue weighted by molar-refractivity contribution is -0.123. The smallest absolute Gasteiger partial charge is 0.252 e. The Hall–Kier alpha value is -3.48. The lowest BCUT2D eigenvalue weighted by Gasteiger charge is -2.11. The molecule has 2 heterocycles. The number of anilines is 2. The Kier molecular flexibility index (Phi) is 4.19. The minimum absolute atomic E-state index is 0.0105. The predicted molar refractivity (Wildman–Crippen MR) is 102 cm³/mol. The Morgan fingerprint density at radius 3 is 2.56 bits per heavy atom. The van der Waals surface area contributed by atoms with Gasteiger partial charge in [0.15, 0.2) is 5.82 Å². The lowest BCUT2D eigenvalue weighted by Crippen LogP contribution is -2.23. The fourth-order valence-corrected chi connectivity index (χ4v) is 3.25. The molecule has 0 bridgehead atoms. The third-order valence-corrected chi connectivity index (χ3v) is 4.38. The number of aromatic nitrogens is 3. The van der Waals surface area contributed by atoms with Gasteiger partial charge < -0.3 is 5.32 Å². The molecular weight excluding hydrogens is 342 g/mol. The summed E-state index contributed by atoms with van der Waals surface area (Å²) >= 11 is 0. The normalized spacial score (nSPS) is 15.3. The molecule has 136 valence electrons. The summed E-state index contributed by atoms with van der Waals surface area (Å²) in [5.74, 6) is 0.360. The Balaban J connectivity index is 1.52. The fraction of sp³-hybridized carbons (Fsp3) is 0.200. The average molecular weight is 361 g/mol. The van der Waals surface area contributed by atoms with E-state index >= 15 is 0 Å². The highest BCUT2D eigenvalue weighted by molar-refractivity contribution is 6.01. The van der Waals surface area contributed by atoms with Crippen LogP contribution in [0, 0.1) is 13.8 Å². The van der Waals surface area contributed by atoms with Crippen molar-refractivity contribution in [2.45, 2.75) is 26.3 Å². The molecule has 0 unspecified atom stereocenters. The molecule has 2 amide bonds. The van der Waals surface area contributed by atoms with Crippen LogP contribution < -0.4 is 10.6 Å². The maximum absolute atomic E-state index is 12.5. The first-order valence-electron chi connectivity index (χ1n) is 8.70. The van der Waals surface area contributed by atoms with Gasteiger partial charge in [0.05, 0.1) is 6.42 Å². The minimum atomic E-state index is -0.712. The van der Waals surface area contributed by atoms with E-state index in [4.69, 9.17) is 0 Å². The van der Waals surface area contributed by atoms with Gasteiger partial charge in [-0.15, -0.1) is 5.10 Å². The molecule has 0 saturated carbocycles. The number of benzene rings is 2. The van der Waals surface area contributed by atoms with Gasteiger partial charge in [-0.2, -0.15) is 4.98 Å². The molecule has 1 aliphatic heterocycles. The predicted octanol–water partition coefficient (Wildman–Crippen LogP) is 3.08. The highest BCUT2D eigenvalue weighted by Crippen LogP contribution is 2.28. The highest BCUT2D eigenvalue weighted by Gasteiger charge is 2.35. The molecule has 0 spiro atoms. The monoisotopic (exact) mass is 361 g/mol. The Labute approximate surface area is 156 Å². The molecule has 0 radical (unpaired) electrons. The summed E-state index contributed by atoms with van der Waals surface area (Å²) in [6, 6.07) is 14.6. The van der Waals surface area contributed by atoms with Gasteiger partial charge in [0, 0.05) is 11.3 Å². The molecular formula is C20H19N5O2. The van der Waals surface area contributed by atoms with Crippen LogP contribution in [0.2, 0.25) is 0 Å². The quantitative estimate of drug-likeness (QED) is 0.747. The van der Waals surface area contributed by atoms with Gasteiger partial charge >= 0.3 is 0 Å². The number of nitrogens with one attached hydrogen (secondary N) is 2. The molecule has 7 nitrogen and oxygen atoms in total. The number of carbonyl (C=O) groups excluding carboxylic acids is 2. The molecule has 4 rings (SSSR count). The molecule has 0 saturated heterocycles. The van der Waals surface area contributed by atoms with Crippen LogP contribution in [0.4, 0.5) is 11.6 Å². The second kappa shape index (κ2) is 6.68. The van der Waals surface area contributed by atoms with Crippen molar-refractivity contribution >= 4 is 23.5 Å². The lowest BCUT2D eigenvalue weighted by atomic mass is 10.1. The standard InChI is InChI=1S/C20H19N5O2/c1-12-8-13(2)10-15(9-12)21-17(26)11-16-19(27)23-20-22-18(24-25(16)20)14-6-4-3-5-7-14/h3-10,16H,11H2,1-2H3,(H,21,26)(H,22,23,24,27)/t16-/m0/s1. The topological polar surface area (TPSA) is 88.9 Å². The third kappa shape index (κ3) is 3.44. The average Bonchev–Trinajstić information content (AvgIpc) is 3.14. The van der Waals surface area contributed by atoms with Gasteiger partial charge in [-0.1, -0.05) is 36.4 Å². The highest BCUT2D eigenvalue weighted by atomic mass is 16.2. The van der Waals surface area contributed by atoms with Crippen molar-refractivity contribution in [2.24, 2.45) is 0 Å². The largest absolute Gasteiger partial charge is 0.326 e. The summed E-state index contributed by atoms with van der Waals surface area (Å²) in [5, 5.41) is 9.98. The molecule has 0 fully saturated rings. The number of rotatable bonds is 4. The van der Waals surface area contributed by atoms with Crippen molar-refractivity contribution in [3.05, 3.63) is 59.7 Å². The van der Waals surface area contributed by atoms with E-state index in [0.29, 0.717) is 11.8 Å². The van der Waals surface area contributed by atoms with E-state index in [9.17, 15) is 9.59 Å². The number of hydrogen-bond donors (Lipinski definition) is 2. The molecule has 1 aliphatic rings. The van der Waals surface area contributed by atoms with Gasteiger partial charge in [0.25, 0.3) is 5.91 Å². The van der Waals surface area contributed by atoms with Gasteiger partial charge in [0.2, 0.25) is 11.9 Å². The number of aryl methyl sites for hydroxylation is 2. The first-order chi connectivity index (χ1) is 13.0. The van der Waals surface area contributed by atoms with E-state index in [1.807, 2.05) is 62.4 Å². The van der Waals surface area contributed by atoms with Crippen LogP contribution in [0.25, 0.3) is 11.4 Å². The summed E-state index contributed by atoms with van der Waals surface area (Å²) in [6.07, 6.45) is -0.0105. The molecule has 0 aliphatic carbocycles. The van der Waals surface area contributed by atoms with E-state index in [0.717, 1.165) is 22.4 Å². The zero-order chi connectivity index (χ0) is 19.0. The number of carbonyl (C=O) groups is 2. The summed E-state index contributed by atoms with van der Waals surface area (Å²) in [4.78, 5) is 29.1. The van der Waals surface area contributed by atoms with Gasteiger partial charge in [0.1, 0.15) is 6.04 Å². The molecule has 1 atom stereocenters. The van der Waals surface area contributed by atoms with E-state index < -0.39 is 6.04 Å². The molecule has 2 aromatic carbocycles. The second-order valence-electron chi connectivity index (χ2n) is 6.70. The van der Waals surface area contributed by atoms with E-state index in [1.165, 1.54) is 4.68 Å². The number of hydrogen-bond acceptors (Lipinski definition) is 4. The Morgan fingerprint density at radius 1 is 1.15 bits per heavy atom. The SMILES string of the molecule is Cc1cc(C)cc(NC(=O)C[C@H]2C(=O)Nc3nc(-c4ccccc4)nn32)c1. The van der Waals surface area contributed by atoms with Crippen LogP contribution in [0.1, 0.15) is 23.6 Å². The van der Waals surface area contributed by atoms with Crippen molar-refractivity contribution in [2.75, 3.05) is 10.6 Å². The van der Waals surface area contributed by atoms with Crippen LogP contribution in [-0.2, 0) is 9.59 Å². The van der Waals surface area contributed by atoms with Gasteiger partial charge in [-0.05, 0) is 37.1 Å². The van der Waals surface area contributed by atoms with Crippen LogP contribution in [-0.4, -0.2) is 26.6 Å². The van der Waals surface area contributed by atoms with E-state index in [1.54, 1.807) is 0 Å². The zero-order valence-electron chi connectivity index (χ0n) is 15.1. The molecule has 7 heteroatoms. The van der Waals surface area contributed by atoms with Crippen molar-refractivity contribution in [3.8, 4) is 11.4 Å². The van der Waals surface area contributed by atoms with E-state index in [2.05, 4.69) is 20.7 Å². The summed E-state index contributed by atoms with van der Waals surface area (Å²) in [6.45, 7) is 3.94. The van der Waals surface area contributed by atoms with Crippen LogP contribution >= 0.6 is 0 Å². The van der Waals surface area contributed by atoms with Crippen molar-refractivity contribution in [3.63, 3.8) is 0 Å². The number of fused-ring (bicyclic) bond motifs is 1. The first-order valence-corrected chi connectivity index (χ1v) is 8.70. The number of amides is 2. The zero-order valence-corrected chi connectivity index (χ0v) is 15.1. The first kappa shape index (κ1) is 17.0. The Bertz CT molecular complexity index is 1010. The van der Waals surface area contributed by atoms with Crippen molar-refractivity contribution in [1.82, 2.24) is 14.8 Å². The van der Waals surface area contributed by atoms with Crippen molar-refractivity contribution < 1.29 is 9.59 Å². The number of nitrogens with zero attached hydrogens (tertiary/aromatic N) is 3. The molecule has 2 N–H and O–H groups in total. The van der Waals surface area contributed by atoms with Crippen LogP contribution in [0.15, 0.2) is 48.5 Å². The van der Waals surface area contributed by atoms with Crippen molar-refractivity contribution in [1.29, 1.82) is 0 Å². The Morgan fingerprint density at radius 2 is 1.85 bits per heavy atom. The van der Waals surface area contributed by atoms with Gasteiger partial charge in [-0.25, -0.2) is 4.68 Å². The van der Waals surface area contributed by atoms with Crippen LogP contribution in [0.5, 0.6) is 0 Å².